The number of hydrogen-bond acceptors (Lipinski definition) is 5. The Balaban J connectivity index is 2.45. The SMILES string of the molecule is Ic1nsc(-c2cncnc2)n1. The largest absolute Gasteiger partial charge is 0.244 e. The summed E-state index contributed by atoms with van der Waals surface area (Å²) in [6.07, 6.45) is 4.95. The summed E-state index contributed by atoms with van der Waals surface area (Å²) >= 11 is 3.43. The lowest BCUT2D eigenvalue weighted by Crippen LogP contribution is -1.80. The monoisotopic (exact) mass is 290 g/mol. The van der Waals surface area contributed by atoms with E-state index in [0.717, 1.165) is 14.4 Å². The third kappa shape index (κ3) is 1.58. The van der Waals surface area contributed by atoms with Gasteiger partial charge in [-0.3, -0.25) is 0 Å². The van der Waals surface area contributed by atoms with Gasteiger partial charge in [0.2, 0.25) is 3.83 Å². The van der Waals surface area contributed by atoms with Gasteiger partial charge in [0.1, 0.15) is 11.3 Å². The predicted molar refractivity (Wildman–Crippen MR) is 53.7 cm³/mol. The Hall–Kier alpha value is -0.630. The van der Waals surface area contributed by atoms with Crippen molar-refractivity contribution in [2.75, 3.05) is 0 Å². The van der Waals surface area contributed by atoms with Crippen molar-refractivity contribution in [3.8, 4) is 10.6 Å². The second kappa shape index (κ2) is 3.40. The summed E-state index contributed by atoms with van der Waals surface area (Å²) in [5, 5.41) is 0.861. The van der Waals surface area contributed by atoms with Crippen molar-refractivity contribution in [3.63, 3.8) is 0 Å². The Kier molecular flexibility index (Phi) is 2.26. The second-order valence-corrected chi connectivity index (χ2v) is 3.71. The van der Waals surface area contributed by atoms with Crippen molar-refractivity contribution in [2.45, 2.75) is 0 Å². The maximum atomic E-state index is 4.20. The van der Waals surface area contributed by atoms with E-state index >= 15 is 0 Å². The number of aromatic nitrogens is 4. The van der Waals surface area contributed by atoms with Crippen LogP contribution in [0.15, 0.2) is 18.7 Å². The Bertz CT molecular complexity index is 374. The van der Waals surface area contributed by atoms with E-state index in [9.17, 15) is 0 Å². The van der Waals surface area contributed by atoms with Crippen LogP contribution in [0, 0.1) is 3.83 Å². The van der Waals surface area contributed by atoms with Gasteiger partial charge in [-0.05, 0) is 11.5 Å². The minimum atomic E-state index is 0.761. The molecule has 0 radical (unpaired) electrons. The van der Waals surface area contributed by atoms with Crippen LogP contribution >= 0.6 is 34.1 Å². The quantitative estimate of drug-likeness (QED) is 0.749. The zero-order chi connectivity index (χ0) is 8.39. The minimum Gasteiger partial charge on any atom is -0.244 e. The minimum absolute atomic E-state index is 0.761. The van der Waals surface area contributed by atoms with Crippen LogP contribution in [0.3, 0.4) is 0 Å². The van der Waals surface area contributed by atoms with E-state index in [2.05, 4.69) is 41.9 Å². The molecule has 2 aromatic heterocycles. The molecule has 0 amide bonds. The smallest absolute Gasteiger partial charge is 0.203 e. The fraction of sp³-hybridized carbons (Fsp3) is 0. The molecule has 0 bridgehead atoms. The maximum absolute atomic E-state index is 4.20. The third-order valence-corrected chi connectivity index (χ3v) is 2.78. The van der Waals surface area contributed by atoms with Gasteiger partial charge in [0, 0.05) is 40.5 Å². The van der Waals surface area contributed by atoms with Gasteiger partial charge < -0.3 is 0 Å². The zero-order valence-electron chi connectivity index (χ0n) is 5.81. The molecule has 0 saturated heterocycles. The molecule has 0 aliphatic carbocycles. The molecule has 0 unspecified atom stereocenters. The molecular weight excluding hydrogens is 287 g/mol. The topological polar surface area (TPSA) is 51.6 Å². The van der Waals surface area contributed by atoms with Gasteiger partial charge in [-0.25, -0.2) is 15.0 Å². The van der Waals surface area contributed by atoms with E-state index in [0.29, 0.717) is 0 Å². The maximum Gasteiger partial charge on any atom is 0.203 e. The lowest BCUT2D eigenvalue weighted by Gasteiger charge is -1.89. The van der Waals surface area contributed by atoms with Crippen LogP contribution in [0.25, 0.3) is 10.6 Å². The molecule has 6 heteroatoms. The molecule has 2 heterocycles. The van der Waals surface area contributed by atoms with E-state index in [1.807, 2.05) is 0 Å². The van der Waals surface area contributed by atoms with Gasteiger partial charge in [-0.15, -0.1) is 0 Å². The standard InChI is InChI=1S/C6H3IN4S/c7-6-10-5(12-11-6)4-1-8-3-9-2-4/h1-3H. The van der Waals surface area contributed by atoms with Gasteiger partial charge in [0.15, 0.2) is 0 Å². The van der Waals surface area contributed by atoms with Crippen molar-refractivity contribution >= 4 is 34.1 Å². The molecule has 0 saturated carbocycles. The molecule has 0 N–H and O–H groups in total. The fourth-order valence-corrected chi connectivity index (χ4v) is 1.97. The number of rotatable bonds is 1. The van der Waals surface area contributed by atoms with Crippen LogP contribution in [0.4, 0.5) is 0 Å². The molecule has 12 heavy (non-hydrogen) atoms. The number of nitrogens with zero attached hydrogens (tertiary/aromatic N) is 4. The van der Waals surface area contributed by atoms with Gasteiger partial charge in [0.25, 0.3) is 0 Å². The fourth-order valence-electron chi connectivity index (χ4n) is 0.732. The Labute approximate surface area is 86.4 Å². The van der Waals surface area contributed by atoms with E-state index < -0.39 is 0 Å². The third-order valence-electron chi connectivity index (χ3n) is 1.21. The van der Waals surface area contributed by atoms with Crippen molar-refractivity contribution in [1.29, 1.82) is 0 Å². The lowest BCUT2D eigenvalue weighted by atomic mass is 10.4. The highest BCUT2D eigenvalue weighted by molar-refractivity contribution is 14.1. The summed E-state index contributed by atoms with van der Waals surface area (Å²) in [7, 11) is 0. The summed E-state index contributed by atoms with van der Waals surface area (Å²) in [5.74, 6) is 0. The van der Waals surface area contributed by atoms with Crippen LogP contribution in [0.1, 0.15) is 0 Å². The van der Waals surface area contributed by atoms with Crippen molar-refractivity contribution in [2.24, 2.45) is 0 Å². The molecule has 4 nitrogen and oxygen atoms in total. The molecule has 0 atom stereocenters. The van der Waals surface area contributed by atoms with Crippen molar-refractivity contribution in [1.82, 2.24) is 19.3 Å². The molecule has 2 aromatic rings. The summed E-state index contributed by atoms with van der Waals surface area (Å²) in [6.45, 7) is 0. The normalized spacial score (nSPS) is 10.1. The van der Waals surface area contributed by atoms with E-state index in [4.69, 9.17) is 0 Å². The van der Waals surface area contributed by atoms with Crippen molar-refractivity contribution in [3.05, 3.63) is 22.6 Å². The van der Waals surface area contributed by atoms with Crippen molar-refractivity contribution < 1.29 is 0 Å². The molecule has 0 spiro atoms. The number of hydrogen-bond donors (Lipinski definition) is 0. The highest BCUT2D eigenvalue weighted by atomic mass is 127. The lowest BCUT2D eigenvalue weighted by molar-refractivity contribution is 1.16. The van der Waals surface area contributed by atoms with Gasteiger partial charge in [0.05, 0.1) is 0 Å². The van der Waals surface area contributed by atoms with Crippen LogP contribution in [-0.2, 0) is 0 Å². The van der Waals surface area contributed by atoms with Crippen LogP contribution in [0.5, 0.6) is 0 Å². The molecule has 0 fully saturated rings. The summed E-state index contributed by atoms with van der Waals surface area (Å²) in [6, 6.07) is 0. The first-order chi connectivity index (χ1) is 5.86. The average molecular weight is 290 g/mol. The molecule has 0 aliphatic heterocycles. The summed E-state index contributed by atoms with van der Waals surface area (Å²) in [5.41, 5.74) is 0.915. The number of halogens is 1. The molecule has 2 rings (SSSR count). The predicted octanol–water partition coefficient (Wildman–Crippen LogP) is 1.60. The Morgan fingerprint density at radius 2 is 2.00 bits per heavy atom. The molecular formula is C6H3IN4S. The molecule has 60 valence electrons. The van der Waals surface area contributed by atoms with Gasteiger partial charge >= 0.3 is 0 Å². The highest BCUT2D eigenvalue weighted by Crippen LogP contribution is 2.19. The second-order valence-electron chi connectivity index (χ2n) is 2.00. The Morgan fingerprint density at radius 1 is 1.25 bits per heavy atom. The first-order valence-electron chi connectivity index (χ1n) is 3.11. The van der Waals surface area contributed by atoms with Gasteiger partial charge in [-0.2, -0.15) is 4.37 Å². The van der Waals surface area contributed by atoms with Gasteiger partial charge in [-0.1, -0.05) is 0 Å². The van der Waals surface area contributed by atoms with E-state index in [1.165, 1.54) is 17.9 Å². The average Bonchev–Trinajstić information content (AvgIpc) is 2.54. The molecule has 0 aliphatic rings. The van der Waals surface area contributed by atoms with Crippen LogP contribution < -0.4 is 0 Å². The highest BCUT2D eigenvalue weighted by Gasteiger charge is 2.03. The first-order valence-corrected chi connectivity index (χ1v) is 4.96. The van der Waals surface area contributed by atoms with Crippen LogP contribution in [0.2, 0.25) is 0 Å². The van der Waals surface area contributed by atoms with E-state index in [1.54, 1.807) is 12.4 Å². The Morgan fingerprint density at radius 3 is 2.58 bits per heavy atom. The first kappa shape index (κ1) is 7.99. The summed E-state index contributed by atoms with van der Waals surface area (Å²) < 4.78 is 4.82. The summed E-state index contributed by atoms with van der Waals surface area (Å²) in [4.78, 5) is 12.0. The van der Waals surface area contributed by atoms with Crippen LogP contribution in [-0.4, -0.2) is 19.3 Å². The van der Waals surface area contributed by atoms with E-state index in [-0.39, 0.29) is 0 Å². The zero-order valence-corrected chi connectivity index (χ0v) is 8.78. The molecule has 0 aromatic carbocycles.